The quantitative estimate of drug-likeness (QED) is 0.544. The van der Waals surface area contributed by atoms with Gasteiger partial charge in [0, 0.05) is 9.26 Å². The fourth-order valence-electron chi connectivity index (χ4n) is 1.51. The number of phenols is 1. The summed E-state index contributed by atoms with van der Waals surface area (Å²) in [5.41, 5.74) is 6.73. The smallest absolute Gasteiger partial charge is 0.259 e. The monoisotopic (exact) mass is 388 g/mol. The van der Waals surface area contributed by atoms with E-state index in [-0.39, 0.29) is 11.3 Å². The van der Waals surface area contributed by atoms with Crippen molar-refractivity contribution < 1.29 is 9.90 Å². The zero-order valence-corrected chi connectivity index (χ0v) is 12.6. The van der Waals surface area contributed by atoms with Crippen molar-refractivity contribution in [2.45, 2.75) is 0 Å². The van der Waals surface area contributed by atoms with E-state index in [2.05, 4.69) is 27.9 Å². The maximum atomic E-state index is 12.1. The van der Waals surface area contributed by atoms with Crippen LogP contribution in [0.25, 0.3) is 0 Å². The van der Waals surface area contributed by atoms with Crippen LogP contribution in [0.1, 0.15) is 10.4 Å². The number of amides is 1. The number of rotatable bonds is 2. The molecule has 0 fully saturated rings. The first-order valence-corrected chi connectivity index (χ1v) is 6.78. The van der Waals surface area contributed by atoms with Crippen molar-refractivity contribution >= 4 is 51.5 Å². The highest BCUT2D eigenvalue weighted by Crippen LogP contribution is 2.26. The molecule has 2 rings (SSSR count). The summed E-state index contributed by atoms with van der Waals surface area (Å²) in [4.78, 5) is 12.1. The molecule has 0 spiro atoms. The molecule has 0 heterocycles. The predicted octanol–water partition coefficient (Wildman–Crippen LogP) is 3.48. The summed E-state index contributed by atoms with van der Waals surface area (Å²) in [5, 5.41) is 12.7. The molecule has 0 atom stereocenters. The molecule has 0 aliphatic heterocycles. The first kappa shape index (κ1) is 14.0. The number of hydrogen-bond donors (Lipinski definition) is 3. The van der Waals surface area contributed by atoms with Crippen LogP contribution in [-0.4, -0.2) is 11.0 Å². The van der Waals surface area contributed by atoms with Gasteiger partial charge in [-0.15, -0.1) is 0 Å². The molecule has 19 heavy (non-hydrogen) atoms. The van der Waals surface area contributed by atoms with Crippen LogP contribution in [0.15, 0.2) is 36.4 Å². The summed E-state index contributed by atoms with van der Waals surface area (Å²) in [6.45, 7) is 0. The van der Waals surface area contributed by atoms with Crippen LogP contribution in [0.4, 0.5) is 11.4 Å². The van der Waals surface area contributed by atoms with Crippen LogP contribution < -0.4 is 11.1 Å². The Labute approximate surface area is 128 Å². The number of halogens is 2. The van der Waals surface area contributed by atoms with Gasteiger partial charge in [-0.3, -0.25) is 4.79 Å². The summed E-state index contributed by atoms with van der Waals surface area (Å²) >= 11 is 8.04. The van der Waals surface area contributed by atoms with Crippen LogP contribution in [-0.2, 0) is 0 Å². The van der Waals surface area contributed by atoms with Gasteiger partial charge in [-0.2, -0.15) is 0 Å². The normalized spacial score (nSPS) is 10.2. The third-order valence-electron chi connectivity index (χ3n) is 2.44. The van der Waals surface area contributed by atoms with E-state index in [0.29, 0.717) is 16.4 Å². The summed E-state index contributed by atoms with van der Waals surface area (Å²) in [6, 6.07) is 9.57. The van der Waals surface area contributed by atoms with Gasteiger partial charge in [-0.05, 0) is 59.0 Å². The Kier molecular flexibility index (Phi) is 4.16. The van der Waals surface area contributed by atoms with Crippen molar-refractivity contribution in [3.8, 4) is 5.75 Å². The molecule has 2 aromatic rings. The molecule has 0 aromatic heterocycles. The summed E-state index contributed by atoms with van der Waals surface area (Å²) in [7, 11) is 0. The lowest BCUT2D eigenvalue weighted by Crippen LogP contribution is -2.12. The van der Waals surface area contributed by atoms with Crippen molar-refractivity contribution in [3.63, 3.8) is 0 Å². The molecule has 98 valence electrons. The molecule has 0 saturated heterocycles. The molecule has 0 saturated carbocycles. The van der Waals surface area contributed by atoms with Gasteiger partial charge in [0.25, 0.3) is 5.91 Å². The number of aromatic hydroxyl groups is 1. The van der Waals surface area contributed by atoms with E-state index >= 15 is 0 Å². The number of phenolic OH excluding ortho intramolecular Hbond substituents is 1. The average molecular weight is 389 g/mol. The number of carbonyl (C=O) groups excluding carboxylic acids is 1. The maximum absolute atomic E-state index is 12.1. The second-order valence-electron chi connectivity index (χ2n) is 3.85. The van der Waals surface area contributed by atoms with Crippen molar-refractivity contribution in [2.75, 3.05) is 11.1 Å². The topological polar surface area (TPSA) is 75.3 Å². The van der Waals surface area contributed by atoms with Crippen molar-refractivity contribution in [2.24, 2.45) is 0 Å². The third-order valence-corrected chi connectivity index (χ3v) is 3.43. The van der Waals surface area contributed by atoms with E-state index in [1.54, 1.807) is 30.3 Å². The number of carbonyl (C=O) groups is 1. The fourth-order valence-corrected chi connectivity index (χ4v) is 2.24. The lowest BCUT2D eigenvalue weighted by Gasteiger charge is -2.09. The van der Waals surface area contributed by atoms with Gasteiger partial charge in [0.15, 0.2) is 0 Å². The maximum Gasteiger partial charge on any atom is 0.259 e. The Morgan fingerprint density at radius 1 is 1.26 bits per heavy atom. The molecular weight excluding hydrogens is 379 g/mol. The Bertz CT molecular complexity index is 647. The first-order chi connectivity index (χ1) is 8.97. The van der Waals surface area contributed by atoms with Gasteiger partial charge in [0.2, 0.25) is 0 Å². The largest absolute Gasteiger partial charge is 0.507 e. The van der Waals surface area contributed by atoms with E-state index in [4.69, 9.17) is 17.3 Å². The van der Waals surface area contributed by atoms with Crippen molar-refractivity contribution in [1.29, 1.82) is 0 Å². The van der Waals surface area contributed by atoms with E-state index in [9.17, 15) is 9.90 Å². The van der Waals surface area contributed by atoms with Gasteiger partial charge < -0.3 is 16.2 Å². The molecule has 6 heteroatoms. The second kappa shape index (κ2) is 5.66. The minimum atomic E-state index is -0.428. The lowest BCUT2D eigenvalue weighted by atomic mass is 10.2. The molecule has 0 aliphatic rings. The number of nitrogens with two attached hydrogens (primary N) is 1. The highest BCUT2D eigenvalue weighted by atomic mass is 127. The summed E-state index contributed by atoms with van der Waals surface area (Å²) in [5.74, 6) is -0.507. The first-order valence-electron chi connectivity index (χ1n) is 5.32. The van der Waals surface area contributed by atoms with E-state index in [0.717, 1.165) is 3.57 Å². The van der Waals surface area contributed by atoms with Gasteiger partial charge in [0.1, 0.15) is 5.75 Å². The van der Waals surface area contributed by atoms with Crippen LogP contribution in [0.2, 0.25) is 5.02 Å². The lowest BCUT2D eigenvalue weighted by molar-refractivity contribution is 0.102. The molecule has 0 unspecified atom stereocenters. The van der Waals surface area contributed by atoms with Crippen molar-refractivity contribution in [3.05, 3.63) is 50.6 Å². The Morgan fingerprint density at radius 3 is 2.68 bits per heavy atom. The summed E-state index contributed by atoms with van der Waals surface area (Å²) in [6.07, 6.45) is 0. The van der Waals surface area contributed by atoms with E-state index in [1.807, 2.05) is 0 Å². The molecule has 4 N–H and O–H groups in total. The highest BCUT2D eigenvalue weighted by molar-refractivity contribution is 14.1. The van der Waals surface area contributed by atoms with Gasteiger partial charge >= 0.3 is 0 Å². The third kappa shape index (κ3) is 3.30. The predicted molar refractivity (Wildman–Crippen MR) is 84.6 cm³/mol. The number of benzene rings is 2. The fraction of sp³-hybridized carbons (Fsp3) is 0. The number of nitrogen functional groups attached to an aromatic ring is 1. The van der Waals surface area contributed by atoms with Crippen LogP contribution in [0, 0.1) is 3.57 Å². The summed E-state index contributed by atoms with van der Waals surface area (Å²) < 4.78 is 0.851. The van der Waals surface area contributed by atoms with Crippen LogP contribution in [0.3, 0.4) is 0 Å². The van der Waals surface area contributed by atoms with Gasteiger partial charge in [-0.25, -0.2) is 0 Å². The van der Waals surface area contributed by atoms with Gasteiger partial charge in [0.05, 0.1) is 16.3 Å². The SMILES string of the molecule is Nc1ccc(NC(=O)c2cc(I)ccc2O)c(Cl)c1. The zero-order chi connectivity index (χ0) is 14.0. The van der Waals surface area contributed by atoms with Crippen molar-refractivity contribution in [1.82, 2.24) is 0 Å². The molecule has 4 nitrogen and oxygen atoms in total. The number of anilines is 2. The van der Waals surface area contributed by atoms with Gasteiger partial charge in [-0.1, -0.05) is 11.6 Å². The molecule has 2 aromatic carbocycles. The van der Waals surface area contributed by atoms with E-state index in [1.165, 1.54) is 6.07 Å². The van der Waals surface area contributed by atoms with Crippen LogP contribution >= 0.6 is 34.2 Å². The molecule has 0 bridgehead atoms. The minimum absolute atomic E-state index is 0.0792. The van der Waals surface area contributed by atoms with E-state index < -0.39 is 5.91 Å². The minimum Gasteiger partial charge on any atom is -0.507 e. The second-order valence-corrected chi connectivity index (χ2v) is 5.51. The Hall–Kier alpha value is -1.47. The molecule has 0 aliphatic carbocycles. The number of hydrogen-bond acceptors (Lipinski definition) is 3. The average Bonchev–Trinajstić information content (AvgIpc) is 2.35. The Balaban J connectivity index is 2.28. The zero-order valence-electron chi connectivity index (χ0n) is 9.65. The Morgan fingerprint density at radius 2 is 2.00 bits per heavy atom. The highest BCUT2D eigenvalue weighted by Gasteiger charge is 2.13. The molecule has 1 amide bonds. The standard InChI is InChI=1S/C13H10ClIN2O2/c14-10-6-8(16)2-3-11(10)17-13(19)9-5-7(15)1-4-12(9)18/h1-6,18H,16H2,(H,17,19). The molecular formula is C13H10ClIN2O2. The molecule has 0 radical (unpaired) electrons. The van der Waals surface area contributed by atoms with Crippen LogP contribution in [0.5, 0.6) is 5.75 Å². The number of nitrogens with one attached hydrogen (secondary N) is 1.